The van der Waals surface area contributed by atoms with Crippen molar-refractivity contribution in [3.8, 4) is 5.75 Å². The van der Waals surface area contributed by atoms with Gasteiger partial charge in [-0.15, -0.1) is 5.10 Å². The molecule has 0 unspecified atom stereocenters. The number of hydrogen-bond donors (Lipinski definition) is 1. The molecule has 1 aromatic carbocycles. The number of carbonyl (C=O) groups is 1. The number of furan rings is 1. The lowest BCUT2D eigenvalue weighted by molar-refractivity contribution is -0.125. The number of aryl methyl sites for hydroxylation is 2. The number of carbonyl (C=O) groups excluding carboxylic acids is 1. The molecule has 2 aromatic heterocycles. The second-order valence-corrected chi connectivity index (χ2v) is 6.99. The van der Waals surface area contributed by atoms with Gasteiger partial charge in [-0.3, -0.25) is 4.79 Å². The molecule has 1 aliphatic carbocycles. The number of nitrogens with one attached hydrogen (secondary N) is 1. The summed E-state index contributed by atoms with van der Waals surface area (Å²) in [6.45, 7) is 1.79. The Morgan fingerprint density at radius 3 is 3.11 bits per heavy atom. The van der Waals surface area contributed by atoms with Crippen LogP contribution < -0.4 is 10.1 Å². The van der Waals surface area contributed by atoms with E-state index in [-0.39, 0.29) is 11.9 Å². The predicted octanol–water partition coefficient (Wildman–Crippen LogP) is 2.56. The minimum atomic E-state index is -0.556. The number of ether oxygens (including phenoxy) is 1. The van der Waals surface area contributed by atoms with Gasteiger partial charge < -0.3 is 14.5 Å². The number of amides is 1. The molecule has 2 heterocycles. The largest absolute Gasteiger partial charge is 0.497 e. The van der Waals surface area contributed by atoms with Gasteiger partial charge >= 0.3 is 0 Å². The first kappa shape index (κ1) is 18.2. The SMILES string of the molecule is COc1cccc(C[C@H](C(=O)N[C@@H]2CCCc3occc32)n2nnnc2C)c1. The molecule has 1 amide bonds. The van der Waals surface area contributed by atoms with Crippen LogP contribution in [0, 0.1) is 6.92 Å². The Balaban J connectivity index is 1.59. The van der Waals surface area contributed by atoms with Crippen LogP contribution in [0.15, 0.2) is 41.0 Å². The Labute approximate surface area is 162 Å². The first-order valence-electron chi connectivity index (χ1n) is 9.39. The van der Waals surface area contributed by atoms with Gasteiger partial charge in [0, 0.05) is 18.4 Å². The Hall–Kier alpha value is -3.16. The number of tetrazole rings is 1. The topological polar surface area (TPSA) is 95.1 Å². The maximum atomic E-state index is 13.3. The average molecular weight is 381 g/mol. The molecule has 3 aromatic rings. The van der Waals surface area contributed by atoms with Crippen molar-refractivity contribution in [3.05, 3.63) is 59.3 Å². The zero-order chi connectivity index (χ0) is 19.5. The monoisotopic (exact) mass is 381 g/mol. The number of aromatic nitrogens is 4. The molecule has 0 radical (unpaired) electrons. The standard InChI is InChI=1S/C20H23N5O3/c1-13-22-23-24-25(13)18(12-14-5-3-6-15(11-14)27-2)20(26)21-17-7-4-8-19-16(17)9-10-28-19/h3,5-6,9-11,17-18H,4,7-8,12H2,1-2H3,(H,21,26)/t17-,18-/m1/s1. The first-order chi connectivity index (χ1) is 13.7. The van der Waals surface area contributed by atoms with Crippen LogP contribution in [0.1, 0.15) is 47.6 Å². The summed E-state index contributed by atoms with van der Waals surface area (Å²) < 4.78 is 12.4. The average Bonchev–Trinajstić information content (AvgIpc) is 3.35. The fourth-order valence-corrected chi connectivity index (χ4v) is 3.74. The Morgan fingerprint density at radius 2 is 2.32 bits per heavy atom. The van der Waals surface area contributed by atoms with Crippen LogP contribution in [0.4, 0.5) is 0 Å². The van der Waals surface area contributed by atoms with Gasteiger partial charge in [0.25, 0.3) is 0 Å². The van der Waals surface area contributed by atoms with Gasteiger partial charge in [-0.25, -0.2) is 4.68 Å². The van der Waals surface area contributed by atoms with Crippen LogP contribution in [0.5, 0.6) is 5.75 Å². The fraction of sp³-hybridized carbons (Fsp3) is 0.400. The Bertz CT molecular complexity index is 964. The predicted molar refractivity (Wildman–Crippen MR) is 101 cm³/mol. The zero-order valence-electron chi connectivity index (χ0n) is 16.0. The van der Waals surface area contributed by atoms with E-state index in [2.05, 4.69) is 20.8 Å². The summed E-state index contributed by atoms with van der Waals surface area (Å²) in [5.74, 6) is 2.19. The van der Waals surface area contributed by atoms with E-state index in [1.165, 1.54) is 0 Å². The lowest BCUT2D eigenvalue weighted by Gasteiger charge is -2.25. The maximum Gasteiger partial charge on any atom is 0.245 e. The third-order valence-electron chi connectivity index (χ3n) is 5.19. The molecule has 0 saturated carbocycles. The second-order valence-electron chi connectivity index (χ2n) is 6.99. The number of nitrogens with zero attached hydrogens (tertiary/aromatic N) is 4. The summed E-state index contributed by atoms with van der Waals surface area (Å²) >= 11 is 0. The molecule has 1 aliphatic rings. The van der Waals surface area contributed by atoms with Crippen LogP contribution >= 0.6 is 0 Å². The van der Waals surface area contributed by atoms with E-state index < -0.39 is 6.04 Å². The lowest BCUT2D eigenvalue weighted by atomic mass is 9.93. The highest BCUT2D eigenvalue weighted by Crippen LogP contribution is 2.31. The van der Waals surface area contributed by atoms with Gasteiger partial charge in [0.1, 0.15) is 23.4 Å². The van der Waals surface area contributed by atoms with Crippen molar-refractivity contribution in [3.63, 3.8) is 0 Å². The number of hydrogen-bond acceptors (Lipinski definition) is 6. The molecule has 0 spiro atoms. The first-order valence-corrected chi connectivity index (χ1v) is 9.39. The molecule has 8 nitrogen and oxygen atoms in total. The highest BCUT2D eigenvalue weighted by Gasteiger charge is 2.29. The molecule has 2 atom stereocenters. The number of rotatable bonds is 6. The summed E-state index contributed by atoms with van der Waals surface area (Å²) in [6.07, 6.45) is 4.93. The lowest BCUT2D eigenvalue weighted by Crippen LogP contribution is -2.38. The van der Waals surface area contributed by atoms with Crippen molar-refractivity contribution >= 4 is 5.91 Å². The van der Waals surface area contributed by atoms with Gasteiger partial charge in [-0.05, 0) is 54.0 Å². The van der Waals surface area contributed by atoms with Crippen LogP contribution in [0.2, 0.25) is 0 Å². The summed E-state index contributed by atoms with van der Waals surface area (Å²) in [6, 6.07) is 9.02. The van der Waals surface area contributed by atoms with E-state index in [0.717, 1.165) is 41.9 Å². The summed E-state index contributed by atoms with van der Waals surface area (Å²) in [7, 11) is 1.63. The van der Waals surface area contributed by atoms with Crippen LogP contribution in [-0.2, 0) is 17.6 Å². The highest BCUT2D eigenvalue weighted by molar-refractivity contribution is 5.81. The molecule has 0 aliphatic heterocycles. The minimum Gasteiger partial charge on any atom is -0.497 e. The van der Waals surface area contributed by atoms with Crippen LogP contribution in [-0.4, -0.2) is 33.2 Å². The molecular formula is C20H23N5O3. The summed E-state index contributed by atoms with van der Waals surface area (Å²) in [4.78, 5) is 13.3. The Kier molecular flexibility index (Phi) is 5.10. The molecule has 28 heavy (non-hydrogen) atoms. The molecule has 8 heteroatoms. The van der Waals surface area contributed by atoms with E-state index in [1.807, 2.05) is 30.3 Å². The van der Waals surface area contributed by atoms with E-state index in [1.54, 1.807) is 25.0 Å². The van der Waals surface area contributed by atoms with Gasteiger partial charge in [-0.2, -0.15) is 0 Å². The van der Waals surface area contributed by atoms with Crippen LogP contribution in [0.25, 0.3) is 0 Å². The Morgan fingerprint density at radius 1 is 1.43 bits per heavy atom. The molecule has 1 N–H and O–H groups in total. The van der Waals surface area contributed by atoms with Crippen LogP contribution in [0.3, 0.4) is 0 Å². The number of methoxy groups -OCH3 is 1. The van der Waals surface area contributed by atoms with Crippen molar-refractivity contribution in [2.45, 2.75) is 44.7 Å². The minimum absolute atomic E-state index is 0.0559. The van der Waals surface area contributed by atoms with Crippen molar-refractivity contribution < 1.29 is 13.9 Å². The highest BCUT2D eigenvalue weighted by atomic mass is 16.5. The van der Waals surface area contributed by atoms with E-state index in [9.17, 15) is 4.79 Å². The second kappa shape index (κ2) is 7.84. The van der Waals surface area contributed by atoms with Gasteiger partial charge in [0.15, 0.2) is 0 Å². The van der Waals surface area contributed by atoms with Crippen molar-refractivity contribution in [1.82, 2.24) is 25.5 Å². The molecule has 0 bridgehead atoms. The quantitative estimate of drug-likeness (QED) is 0.705. The third kappa shape index (κ3) is 3.62. The van der Waals surface area contributed by atoms with Crippen molar-refractivity contribution in [2.24, 2.45) is 0 Å². The van der Waals surface area contributed by atoms with Crippen molar-refractivity contribution in [1.29, 1.82) is 0 Å². The van der Waals surface area contributed by atoms with E-state index >= 15 is 0 Å². The van der Waals surface area contributed by atoms with Gasteiger partial charge in [-0.1, -0.05) is 12.1 Å². The third-order valence-corrected chi connectivity index (χ3v) is 5.19. The molecular weight excluding hydrogens is 358 g/mol. The molecule has 0 saturated heterocycles. The fourth-order valence-electron chi connectivity index (χ4n) is 3.74. The number of benzene rings is 1. The van der Waals surface area contributed by atoms with Gasteiger partial charge in [0.2, 0.25) is 5.91 Å². The molecule has 146 valence electrons. The molecule has 4 rings (SSSR count). The summed E-state index contributed by atoms with van der Waals surface area (Å²) in [5, 5.41) is 14.9. The van der Waals surface area contributed by atoms with Gasteiger partial charge in [0.05, 0.1) is 19.4 Å². The maximum absolute atomic E-state index is 13.3. The summed E-state index contributed by atoms with van der Waals surface area (Å²) in [5.41, 5.74) is 2.04. The van der Waals surface area contributed by atoms with E-state index in [4.69, 9.17) is 9.15 Å². The number of fused-ring (bicyclic) bond motifs is 1. The normalized spacial score (nSPS) is 17.0. The smallest absolute Gasteiger partial charge is 0.245 e. The van der Waals surface area contributed by atoms with Crippen molar-refractivity contribution in [2.75, 3.05) is 7.11 Å². The van der Waals surface area contributed by atoms with E-state index in [0.29, 0.717) is 12.2 Å². The molecule has 0 fully saturated rings. The zero-order valence-corrected chi connectivity index (χ0v) is 16.0.